The van der Waals surface area contributed by atoms with Crippen molar-refractivity contribution in [3.05, 3.63) is 29.8 Å². The van der Waals surface area contributed by atoms with E-state index in [4.69, 9.17) is 0 Å². The molecule has 1 saturated heterocycles. The first kappa shape index (κ1) is 15.8. The first-order valence-electron chi connectivity index (χ1n) is 6.00. The molecule has 21 heavy (non-hydrogen) atoms. The number of amides is 1. The first-order valence-corrected chi connectivity index (χ1v) is 7.85. The number of carbonyl (C=O) groups excluding carboxylic acids is 1. The first-order chi connectivity index (χ1) is 9.57. The highest BCUT2D eigenvalue weighted by molar-refractivity contribution is 7.88. The highest BCUT2D eigenvalue weighted by Gasteiger charge is 2.38. The second kappa shape index (κ2) is 5.30. The van der Waals surface area contributed by atoms with Gasteiger partial charge in [0.15, 0.2) is 0 Å². The Bertz CT molecular complexity index is 652. The number of nitrogens with zero attached hydrogens (tertiary/aromatic N) is 1. The van der Waals surface area contributed by atoms with E-state index in [9.17, 15) is 26.4 Å². The zero-order chi connectivity index (χ0) is 15.8. The topological polar surface area (TPSA) is 66.5 Å². The summed E-state index contributed by atoms with van der Waals surface area (Å²) < 4.78 is 61.1. The van der Waals surface area contributed by atoms with Crippen LogP contribution in [0.15, 0.2) is 24.3 Å². The molecule has 1 aromatic rings. The third-order valence-corrected chi connectivity index (χ3v) is 4.38. The average Bonchev–Trinajstić information content (AvgIpc) is 2.23. The molecule has 9 heteroatoms. The van der Waals surface area contributed by atoms with E-state index < -0.39 is 33.6 Å². The van der Waals surface area contributed by atoms with E-state index in [0.717, 1.165) is 22.7 Å². The molecule has 0 aliphatic carbocycles. The fourth-order valence-electron chi connectivity index (χ4n) is 1.89. The third-order valence-electron chi connectivity index (χ3n) is 3.15. The van der Waals surface area contributed by atoms with E-state index in [-0.39, 0.29) is 18.8 Å². The van der Waals surface area contributed by atoms with Crippen molar-refractivity contribution in [3.63, 3.8) is 0 Å². The van der Waals surface area contributed by atoms with E-state index in [2.05, 4.69) is 5.32 Å². The fraction of sp³-hybridized carbons (Fsp3) is 0.417. The predicted octanol–water partition coefficient (Wildman–Crippen LogP) is 1.54. The lowest BCUT2D eigenvalue weighted by atomic mass is 10.0. The van der Waals surface area contributed by atoms with Gasteiger partial charge in [0.2, 0.25) is 15.9 Å². The molecule has 0 atom stereocenters. The van der Waals surface area contributed by atoms with Crippen molar-refractivity contribution in [3.8, 4) is 0 Å². The number of carbonyl (C=O) groups is 1. The molecule has 1 fully saturated rings. The predicted molar refractivity (Wildman–Crippen MR) is 70.0 cm³/mol. The molecule has 2 rings (SSSR count). The molecule has 0 radical (unpaired) electrons. The van der Waals surface area contributed by atoms with Crippen LogP contribution in [0.25, 0.3) is 0 Å². The fourth-order valence-corrected chi connectivity index (χ4v) is 2.79. The van der Waals surface area contributed by atoms with Crippen LogP contribution in [0, 0.1) is 5.92 Å². The Kier molecular flexibility index (Phi) is 3.98. The van der Waals surface area contributed by atoms with Gasteiger partial charge in [-0.05, 0) is 18.2 Å². The molecule has 1 amide bonds. The molecule has 1 N–H and O–H groups in total. The number of benzene rings is 1. The van der Waals surface area contributed by atoms with Crippen molar-refractivity contribution < 1.29 is 26.4 Å². The third kappa shape index (κ3) is 3.73. The highest BCUT2D eigenvalue weighted by atomic mass is 32.2. The summed E-state index contributed by atoms with van der Waals surface area (Å²) in [5, 5.41) is 2.37. The van der Waals surface area contributed by atoms with Crippen LogP contribution in [0.2, 0.25) is 0 Å². The van der Waals surface area contributed by atoms with Gasteiger partial charge in [-0.25, -0.2) is 12.7 Å². The monoisotopic (exact) mass is 322 g/mol. The minimum Gasteiger partial charge on any atom is -0.326 e. The number of hydrogen-bond acceptors (Lipinski definition) is 3. The molecule has 0 saturated carbocycles. The lowest BCUT2D eigenvalue weighted by molar-refractivity contribution is -0.137. The van der Waals surface area contributed by atoms with E-state index in [0.29, 0.717) is 0 Å². The Morgan fingerprint density at radius 1 is 1.33 bits per heavy atom. The standard InChI is InChI=1S/C12H13F3N2O3S/c1-21(19,20)17-6-8(7-17)11(18)16-10-4-2-3-9(5-10)12(13,14)15/h2-5,8H,6-7H2,1H3,(H,16,18). The zero-order valence-electron chi connectivity index (χ0n) is 11.0. The van der Waals surface area contributed by atoms with Gasteiger partial charge >= 0.3 is 6.18 Å². The Labute approximate surface area is 119 Å². The maximum Gasteiger partial charge on any atom is 0.416 e. The van der Waals surface area contributed by atoms with Gasteiger partial charge in [-0.1, -0.05) is 6.07 Å². The minimum atomic E-state index is -4.48. The minimum absolute atomic E-state index is 0.0348. The second-order valence-electron chi connectivity index (χ2n) is 4.84. The Morgan fingerprint density at radius 3 is 2.48 bits per heavy atom. The van der Waals surface area contributed by atoms with Crippen molar-refractivity contribution in [1.82, 2.24) is 4.31 Å². The van der Waals surface area contributed by atoms with Gasteiger partial charge in [0.05, 0.1) is 17.7 Å². The number of rotatable bonds is 3. The molecule has 1 aliphatic rings. The van der Waals surface area contributed by atoms with Crippen LogP contribution >= 0.6 is 0 Å². The van der Waals surface area contributed by atoms with Gasteiger partial charge < -0.3 is 5.32 Å². The van der Waals surface area contributed by atoms with Gasteiger partial charge in [0, 0.05) is 18.8 Å². The molecule has 0 aromatic heterocycles. The van der Waals surface area contributed by atoms with Crippen molar-refractivity contribution >= 4 is 21.6 Å². The normalized spacial score (nSPS) is 17.3. The molecular formula is C12H13F3N2O3S. The summed E-state index contributed by atoms with van der Waals surface area (Å²) in [5.74, 6) is -1.04. The molecule has 0 bridgehead atoms. The van der Waals surface area contributed by atoms with Crippen molar-refractivity contribution in [1.29, 1.82) is 0 Å². The molecule has 1 aliphatic heterocycles. The second-order valence-corrected chi connectivity index (χ2v) is 6.83. The number of nitrogens with one attached hydrogen (secondary N) is 1. The number of alkyl halides is 3. The summed E-state index contributed by atoms with van der Waals surface area (Å²) in [5.41, 5.74) is -0.820. The van der Waals surface area contributed by atoms with Crippen LogP contribution in [0.3, 0.4) is 0 Å². The molecule has 0 spiro atoms. The maximum atomic E-state index is 12.5. The molecular weight excluding hydrogens is 309 g/mol. The molecule has 5 nitrogen and oxygen atoms in total. The SMILES string of the molecule is CS(=O)(=O)N1CC(C(=O)Nc2cccc(C(F)(F)F)c2)C1. The Hall–Kier alpha value is -1.61. The van der Waals surface area contributed by atoms with Crippen molar-refractivity contribution in [2.24, 2.45) is 5.92 Å². The van der Waals surface area contributed by atoms with E-state index in [1.54, 1.807) is 0 Å². The molecule has 1 heterocycles. The van der Waals surface area contributed by atoms with E-state index >= 15 is 0 Å². The summed E-state index contributed by atoms with van der Waals surface area (Å²) in [4.78, 5) is 11.8. The number of anilines is 1. The highest BCUT2D eigenvalue weighted by Crippen LogP contribution is 2.31. The average molecular weight is 322 g/mol. The molecule has 116 valence electrons. The Balaban J connectivity index is 1.99. The lowest BCUT2D eigenvalue weighted by Gasteiger charge is -2.35. The van der Waals surface area contributed by atoms with Gasteiger partial charge in [0.25, 0.3) is 0 Å². The number of hydrogen-bond donors (Lipinski definition) is 1. The zero-order valence-corrected chi connectivity index (χ0v) is 11.8. The number of halogens is 3. The van der Waals surface area contributed by atoms with Crippen LogP contribution in [-0.2, 0) is 21.0 Å². The van der Waals surface area contributed by atoms with Crippen LogP contribution in [0.5, 0.6) is 0 Å². The number of sulfonamides is 1. The van der Waals surface area contributed by atoms with Gasteiger partial charge in [-0.15, -0.1) is 0 Å². The lowest BCUT2D eigenvalue weighted by Crippen LogP contribution is -2.53. The van der Waals surface area contributed by atoms with Gasteiger partial charge in [0.1, 0.15) is 0 Å². The van der Waals surface area contributed by atoms with Crippen LogP contribution < -0.4 is 5.32 Å². The summed E-state index contributed by atoms with van der Waals surface area (Å²) in [6.45, 7) is 0.0905. The Morgan fingerprint density at radius 2 is 1.95 bits per heavy atom. The summed E-state index contributed by atoms with van der Waals surface area (Å²) in [6, 6.07) is 4.29. The largest absolute Gasteiger partial charge is 0.416 e. The maximum absolute atomic E-state index is 12.5. The molecule has 1 aromatic carbocycles. The summed E-state index contributed by atoms with van der Waals surface area (Å²) in [7, 11) is -3.33. The van der Waals surface area contributed by atoms with Crippen molar-refractivity contribution in [2.45, 2.75) is 6.18 Å². The van der Waals surface area contributed by atoms with E-state index in [1.165, 1.54) is 12.1 Å². The van der Waals surface area contributed by atoms with Crippen molar-refractivity contribution in [2.75, 3.05) is 24.7 Å². The van der Waals surface area contributed by atoms with Gasteiger partial charge in [-0.3, -0.25) is 4.79 Å². The van der Waals surface area contributed by atoms with Crippen LogP contribution in [0.4, 0.5) is 18.9 Å². The molecule has 0 unspecified atom stereocenters. The quantitative estimate of drug-likeness (QED) is 0.918. The smallest absolute Gasteiger partial charge is 0.326 e. The summed E-state index contributed by atoms with van der Waals surface area (Å²) in [6.07, 6.45) is -3.45. The summed E-state index contributed by atoms with van der Waals surface area (Å²) >= 11 is 0. The van der Waals surface area contributed by atoms with Crippen LogP contribution in [0.1, 0.15) is 5.56 Å². The van der Waals surface area contributed by atoms with Gasteiger partial charge in [-0.2, -0.15) is 13.2 Å². The van der Waals surface area contributed by atoms with Crippen LogP contribution in [-0.4, -0.2) is 38.0 Å². The van der Waals surface area contributed by atoms with E-state index in [1.807, 2.05) is 0 Å².